The summed E-state index contributed by atoms with van der Waals surface area (Å²) in [6.07, 6.45) is 9.64. The molecule has 2 aromatic rings. The molecular weight excluding hydrogens is 348 g/mol. The maximum absolute atomic E-state index is 13.1. The van der Waals surface area contributed by atoms with Crippen LogP contribution in [0.3, 0.4) is 0 Å². The van der Waals surface area contributed by atoms with Crippen molar-refractivity contribution in [2.24, 2.45) is 0 Å². The largest absolute Gasteiger partial charge is 0.510 e. The SMILES string of the molecule is O=C(OC1(c2ccccc2)CCCCC1)OC1(c2ccccc2)CCCCC1. The zero-order valence-corrected chi connectivity index (χ0v) is 16.6. The fourth-order valence-corrected chi connectivity index (χ4v) is 4.97. The Balaban J connectivity index is 1.57. The van der Waals surface area contributed by atoms with Crippen LogP contribution in [0.15, 0.2) is 60.7 Å². The molecule has 0 atom stereocenters. The zero-order chi connectivity index (χ0) is 19.3. The van der Waals surface area contributed by atoms with Crippen LogP contribution in [0.1, 0.15) is 75.3 Å². The molecule has 2 aliphatic carbocycles. The van der Waals surface area contributed by atoms with E-state index in [0.29, 0.717) is 0 Å². The first-order chi connectivity index (χ1) is 13.7. The second-order valence-corrected chi connectivity index (χ2v) is 8.30. The van der Waals surface area contributed by atoms with Gasteiger partial charge in [-0.1, -0.05) is 73.5 Å². The molecule has 2 fully saturated rings. The Kier molecular flexibility index (Phi) is 5.70. The van der Waals surface area contributed by atoms with Crippen LogP contribution in [0.5, 0.6) is 0 Å². The number of benzene rings is 2. The van der Waals surface area contributed by atoms with Gasteiger partial charge in [0, 0.05) is 0 Å². The Hall–Kier alpha value is -2.29. The van der Waals surface area contributed by atoms with Crippen molar-refractivity contribution in [1.82, 2.24) is 0 Å². The first-order valence-corrected chi connectivity index (χ1v) is 10.8. The third kappa shape index (κ3) is 3.94. The molecule has 2 aliphatic rings. The van der Waals surface area contributed by atoms with Gasteiger partial charge >= 0.3 is 6.16 Å². The van der Waals surface area contributed by atoms with E-state index in [1.54, 1.807) is 0 Å². The lowest BCUT2D eigenvalue weighted by molar-refractivity contribution is -0.109. The molecule has 0 aliphatic heterocycles. The predicted molar refractivity (Wildman–Crippen MR) is 110 cm³/mol. The molecule has 0 N–H and O–H groups in total. The second-order valence-electron chi connectivity index (χ2n) is 8.30. The van der Waals surface area contributed by atoms with E-state index in [-0.39, 0.29) is 0 Å². The van der Waals surface area contributed by atoms with Gasteiger partial charge < -0.3 is 9.47 Å². The molecule has 0 amide bonds. The van der Waals surface area contributed by atoms with Crippen molar-refractivity contribution in [3.05, 3.63) is 71.8 Å². The van der Waals surface area contributed by atoms with Gasteiger partial charge in [-0.25, -0.2) is 4.79 Å². The van der Waals surface area contributed by atoms with Crippen LogP contribution in [-0.2, 0) is 20.7 Å². The van der Waals surface area contributed by atoms with Crippen molar-refractivity contribution >= 4 is 6.16 Å². The monoisotopic (exact) mass is 378 g/mol. The number of carbonyl (C=O) groups is 1. The molecule has 2 aromatic carbocycles. The third-order valence-electron chi connectivity index (χ3n) is 6.48. The molecule has 2 saturated carbocycles. The number of hydrogen-bond acceptors (Lipinski definition) is 3. The highest BCUT2D eigenvalue weighted by molar-refractivity contribution is 5.62. The summed E-state index contributed by atoms with van der Waals surface area (Å²) in [6, 6.07) is 20.4. The van der Waals surface area contributed by atoms with Crippen LogP contribution in [0, 0.1) is 0 Å². The Morgan fingerprint density at radius 2 is 0.929 bits per heavy atom. The Morgan fingerprint density at radius 1 is 0.571 bits per heavy atom. The third-order valence-corrected chi connectivity index (χ3v) is 6.48. The molecule has 0 aromatic heterocycles. The van der Waals surface area contributed by atoms with Gasteiger partial charge in [-0.15, -0.1) is 0 Å². The summed E-state index contributed by atoms with van der Waals surface area (Å²) < 4.78 is 12.3. The molecule has 0 spiro atoms. The molecule has 3 heteroatoms. The zero-order valence-electron chi connectivity index (χ0n) is 16.6. The van der Waals surface area contributed by atoms with Crippen molar-refractivity contribution in [2.45, 2.75) is 75.4 Å². The maximum atomic E-state index is 13.1. The van der Waals surface area contributed by atoms with Gasteiger partial charge in [0.05, 0.1) is 0 Å². The summed E-state index contributed by atoms with van der Waals surface area (Å²) in [5.74, 6) is 0. The van der Waals surface area contributed by atoms with Crippen molar-refractivity contribution in [3.8, 4) is 0 Å². The lowest BCUT2D eigenvalue weighted by Gasteiger charge is -2.40. The van der Waals surface area contributed by atoms with E-state index in [1.165, 1.54) is 12.8 Å². The summed E-state index contributed by atoms with van der Waals surface area (Å²) in [4.78, 5) is 13.1. The average molecular weight is 379 g/mol. The highest BCUT2D eigenvalue weighted by Gasteiger charge is 2.42. The topological polar surface area (TPSA) is 35.5 Å². The maximum Gasteiger partial charge on any atom is 0.510 e. The summed E-state index contributed by atoms with van der Waals surface area (Å²) in [5.41, 5.74) is 1.07. The van der Waals surface area contributed by atoms with E-state index in [0.717, 1.165) is 62.5 Å². The molecule has 4 rings (SSSR count). The van der Waals surface area contributed by atoms with Crippen LogP contribution < -0.4 is 0 Å². The normalized spacial score (nSPS) is 20.9. The molecule has 28 heavy (non-hydrogen) atoms. The van der Waals surface area contributed by atoms with Crippen molar-refractivity contribution in [2.75, 3.05) is 0 Å². The molecule has 148 valence electrons. The summed E-state index contributed by atoms with van der Waals surface area (Å²) in [6.45, 7) is 0. The van der Waals surface area contributed by atoms with Gasteiger partial charge in [0.1, 0.15) is 11.2 Å². The molecule has 0 heterocycles. The first-order valence-electron chi connectivity index (χ1n) is 10.8. The predicted octanol–water partition coefficient (Wildman–Crippen LogP) is 6.86. The summed E-state index contributed by atoms with van der Waals surface area (Å²) in [7, 11) is 0. The van der Waals surface area contributed by atoms with Crippen LogP contribution in [0.4, 0.5) is 4.79 Å². The van der Waals surface area contributed by atoms with E-state index in [9.17, 15) is 4.79 Å². The van der Waals surface area contributed by atoms with E-state index in [1.807, 2.05) is 36.4 Å². The number of ether oxygens (including phenoxy) is 2. The van der Waals surface area contributed by atoms with Gasteiger partial charge in [-0.3, -0.25) is 0 Å². The van der Waals surface area contributed by atoms with Crippen LogP contribution in [-0.4, -0.2) is 6.16 Å². The van der Waals surface area contributed by atoms with Gasteiger partial charge in [0.15, 0.2) is 0 Å². The molecular formula is C25H30O3. The molecule has 0 radical (unpaired) electrons. The fourth-order valence-electron chi connectivity index (χ4n) is 4.97. The highest BCUT2D eigenvalue weighted by Crippen LogP contribution is 2.44. The van der Waals surface area contributed by atoms with Crippen molar-refractivity contribution in [3.63, 3.8) is 0 Å². The van der Waals surface area contributed by atoms with Crippen LogP contribution >= 0.6 is 0 Å². The van der Waals surface area contributed by atoms with Crippen molar-refractivity contribution < 1.29 is 14.3 Å². The first kappa shape index (κ1) is 19.0. The van der Waals surface area contributed by atoms with E-state index in [4.69, 9.17) is 9.47 Å². The smallest absolute Gasteiger partial charge is 0.423 e. The standard InChI is InChI=1S/C25H30O3/c26-23(27-24(17-9-3-10-18-24)21-13-5-1-6-14-21)28-25(19-11-4-12-20-25)22-15-7-2-8-16-22/h1-2,5-8,13-16H,3-4,9-12,17-20H2. The molecule has 0 saturated heterocycles. The lowest BCUT2D eigenvalue weighted by atomic mass is 9.79. The minimum absolute atomic E-state index is 0.517. The van der Waals surface area contributed by atoms with Gasteiger partial charge in [0.25, 0.3) is 0 Å². The van der Waals surface area contributed by atoms with Crippen LogP contribution in [0.25, 0.3) is 0 Å². The van der Waals surface area contributed by atoms with E-state index >= 15 is 0 Å². The number of hydrogen-bond donors (Lipinski definition) is 0. The Bertz CT molecular complexity index is 691. The minimum atomic E-state index is -0.552. The van der Waals surface area contributed by atoms with Crippen molar-refractivity contribution in [1.29, 1.82) is 0 Å². The summed E-state index contributed by atoms with van der Waals surface area (Å²) in [5, 5.41) is 0. The number of rotatable bonds is 4. The second kappa shape index (κ2) is 8.38. The lowest BCUT2D eigenvalue weighted by Crippen LogP contribution is -2.40. The average Bonchev–Trinajstić information content (AvgIpc) is 2.76. The Labute approximate surface area is 168 Å². The highest BCUT2D eigenvalue weighted by atomic mass is 16.7. The molecule has 0 unspecified atom stereocenters. The quantitative estimate of drug-likeness (QED) is 0.545. The Morgan fingerprint density at radius 3 is 1.29 bits per heavy atom. The molecule has 0 bridgehead atoms. The fraction of sp³-hybridized carbons (Fsp3) is 0.480. The van der Waals surface area contributed by atoms with E-state index < -0.39 is 17.4 Å². The molecule has 3 nitrogen and oxygen atoms in total. The van der Waals surface area contributed by atoms with Gasteiger partial charge in [-0.2, -0.15) is 0 Å². The van der Waals surface area contributed by atoms with E-state index in [2.05, 4.69) is 24.3 Å². The minimum Gasteiger partial charge on any atom is -0.423 e. The van der Waals surface area contributed by atoms with Crippen LogP contribution in [0.2, 0.25) is 0 Å². The number of carbonyl (C=O) groups excluding carboxylic acids is 1. The summed E-state index contributed by atoms with van der Waals surface area (Å²) >= 11 is 0. The van der Waals surface area contributed by atoms with Gasteiger partial charge in [-0.05, 0) is 62.5 Å². The van der Waals surface area contributed by atoms with Gasteiger partial charge in [0.2, 0.25) is 0 Å².